The van der Waals surface area contributed by atoms with Crippen LogP contribution in [0.3, 0.4) is 0 Å². The highest BCUT2D eigenvalue weighted by Gasteiger charge is 2.27. The molecule has 0 saturated carbocycles. The van der Waals surface area contributed by atoms with E-state index in [0.29, 0.717) is 22.2 Å². The summed E-state index contributed by atoms with van der Waals surface area (Å²) in [5.74, 6) is 0.474. The number of benzene rings is 3. The fraction of sp³-hybridized carbons (Fsp3) is 0.0909. The first-order valence-electron chi connectivity index (χ1n) is 9.16. The Bertz CT molecular complexity index is 1240. The predicted octanol–water partition coefficient (Wildman–Crippen LogP) is 5.09. The van der Waals surface area contributed by atoms with Gasteiger partial charge in [0.25, 0.3) is 10.0 Å². The molecule has 0 unspecified atom stereocenters. The summed E-state index contributed by atoms with van der Waals surface area (Å²) in [6.45, 7) is 1.81. The van der Waals surface area contributed by atoms with E-state index in [1.165, 1.54) is 4.31 Å². The van der Waals surface area contributed by atoms with Crippen LogP contribution in [0.15, 0.2) is 88.2 Å². The van der Waals surface area contributed by atoms with Gasteiger partial charge in [-0.25, -0.2) is 8.42 Å². The van der Waals surface area contributed by atoms with E-state index in [-0.39, 0.29) is 17.3 Å². The summed E-state index contributed by atoms with van der Waals surface area (Å²) >= 11 is 5.92. The molecular formula is C22H18ClN3O3S. The Kier molecular flexibility index (Phi) is 5.57. The number of hydrogen-bond donors (Lipinski definition) is 0. The van der Waals surface area contributed by atoms with Crippen LogP contribution in [-0.2, 0) is 16.6 Å². The minimum absolute atomic E-state index is 0.0964. The van der Waals surface area contributed by atoms with Crippen LogP contribution in [0.5, 0.6) is 0 Å². The zero-order valence-corrected chi connectivity index (χ0v) is 17.6. The molecule has 0 aliphatic carbocycles. The Hall–Kier alpha value is -3.16. The lowest BCUT2D eigenvalue weighted by molar-refractivity contribution is 0.505. The summed E-state index contributed by atoms with van der Waals surface area (Å²) < 4.78 is 33.8. The van der Waals surface area contributed by atoms with E-state index in [4.69, 9.17) is 16.0 Å². The molecule has 0 saturated heterocycles. The summed E-state index contributed by atoms with van der Waals surface area (Å²) in [6.07, 6.45) is 0. The van der Waals surface area contributed by atoms with Crippen molar-refractivity contribution >= 4 is 27.3 Å². The molecule has 4 aromatic rings. The van der Waals surface area contributed by atoms with Crippen molar-refractivity contribution in [2.45, 2.75) is 18.4 Å². The number of hydrogen-bond acceptors (Lipinski definition) is 5. The van der Waals surface area contributed by atoms with Gasteiger partial charge < -0.3 is 4.42 Å². The minimum Gasteiger partial charge on any atom is -0.419 e. The number of aryl methyl sites for hydroxylation is 1. The van der Waals surface area contributed by atoms with Gasteiger partial charge in [-0.2, -0.15) is 0 Å². The number of anilines is 1. The molecule has 3 aromatic carbocycles. The van der Waals surface area contributed by atoms with E-state index in [1.807, 2.05) is 13.0 Å². The molecule has 0 amide bonds. The molecule has 0 radical (unpaired) electrons. The molecule has 0 N–H and O–H groups in total. The first kappa shape index (κ1) is 20.1. The Morgan fingerprint density at radius 1 is 0.900 bits per heavy atom. The summed E-state index contributed by atoms with van der Waals surface area (Å²) in [5, 5.41) is 8.69. The van der Waals surface area contributed by atoms with Crippen LogP contribution in [0.25, 0.3) is 11.5 Å². The lowest BCUT2D eigenvalue weighted by Crippen LogP contribution is -2.30. The number of para-hydroxylation sites is 1. The molecule has 0 aliphatic heterocycles. The maximum Gasteiger partial charge on any atom is 0.264 e. The van der Waals surface area contributed by atoms with Crippen LogP contribution in [0.4, 0.5) is 5.69 Å². The third kappa shape index (κ3) is 4.22. The number of sulfonamides is 1. The quantitative estimate of drug-likeness (QED) is 0.418. The predicted molar refractivity (Wildman–Crippen MR) is 116 cm³/mol. The van der Waals surface area contributed by atoms with E-state index in [9.17, 15) is 8.42 Å². The lowest BCUT2D eigenvalue weighted by atomic mass is 10.2. The maximum atomic E-state index is 13.4. The van der Waals surface area contributed by atoms with Gasteiger partial charge in [0.05, 0.1) is 10.6 Å². The van der Waals surface area contributed by atoms with E-state index in [2.05, 4.69) is 10.2 Å². The minimum atomic E-state index is -3.84. The standard InChI is InChI=1S/C22H18ClN3O3S/c1-16-7-13-20(14-8-16)30(27,28)26(19-5-3-2-4-6-19)15-21-24-25-22(29-21)17-9-11-18(23)12-10-17/h2-14H,15H2,1H3. The molecule has 0 bridgehead atoms. The van der Waals surface area contributed by atoms with Crippen molar-refractivity contribution in [1.29, 1.82) is 0 Å². The molecule has 0 fully saturated rings. The number of rotatable bonds is 6. The van der Waals surface area contributed by atoms with Gasteiger partial charge in [-0.15, -0.1) is 10.2 Å². The molecule has 6 nitrogen and oxygen atoms in total. The second-order valence-corrected chi connectivity index (χ2v) is 8.97. The van der Waals surface area contributed by atoms with Crippen molar-refractivity contribution in [2.75, 3.05) is 4.31 Å². The molecule has 8 heteroatoms. The van der Waals surface area contributed by atoms with Gasteiger partial charge in [-0.05, 0) is 55.5 Å². The largest absolute Gasteiger partial charge is 0.419 e. The van der Waals surface area contributed by atoms with E-state index in [0.717, 1.165) is 5.56 Å². The molecule has 4 rings (SSSR count). The third-order valence-electron chi connectivity index (χ3n) is 4.49. The first-order valence-corrected chi connectivity index (χ1v) is 11.0. The van der Waals surface area contributed by atoms with E-state index < -0.39 is 10.0 Å². The zero-order chi connectivity index (χ0) is 21.1. The van der Waals surface area contributed by atoms with Crippen molar-refractivity contribution in [3.05, 3.63) is 95.3 Å². The highest BCUT2D eigenvalue weighted by Crippen LogP contribution is 2.27. The van der Waals surface area contributed by atoms with Crippen LogP contribution in [0.2, 0.25) is 5.02 Å². The second kappa shape index (κ2) is 8.30. The van der Waals surface area contributed by atoms with Crippen LogP contribution in [0.1, 0.15) is 11.5 Å². The second-order valence-electron chi connectivity index (χ2n) is 6.67. The van der Waals surface area contributed by atoms with E-state index >= 15 is 0 Å². The summed E-state index contributed by atoms with van der Waals surface area (Å²) in [6, 6.07) is 22.5. The number of halogens is 1. The van der Waals surface area contributed by atoms with Gasteiger partial charge in [0.2, 0.25) is 11.8 Å². The highest BCUT2D eigenvalue weighted by atomic mass is 35.5. The molecule has 1 heterocycles. The van der Waals surface area contributed by atoms with Crippen molar-refractivity contribution in [3.8, 4) is 11.5 Å². The molecule has 0 aliphatic rings. The average Bonchev–Trinajstić information content (AvgIpc) is 3.22. The summed E-state index contributed by atoms with van der Waals surface area (Å²) in [7, 11) is -3.84. The lowest BCUT2D eigenvalue weighted by Gasteiger charge is -2.23. The molecular weight excluding hydrogens is 422 g/mol. The maximum absolute atomic E-state index is 13.4. The van der Waals surface area contributed by atoms with Gasteiger partial charge in [0.1, 0.15) is 6.54 Å². The fourth-order valence-corrected chi connectivity index (χ4v) is 4.44. The average molecular weight is 440 g/mol. The van der Waals surface area contributed by atoms with Gasteiger partial charge in [-0.3, -0.25) is 4.31 Å². The van der Waals surface area contributed by atoms with Crippen molar-refractivity contribution in [3.63, 3.8) is 0 Å². The smallest absolute Gasteiger partial charge is 0.264 e. The molecule has 0 spiro atoms. The highest BCUT2D eigenvalue weighted by molar-refractivity contribution is 7.92. The normalized spacial score (nSPS) is 11.4. The van der Waals surface area contributed by atoms with Crippen molar-refractivity contribution < 1.29 is 12.8 Å². The Balaban J connectivity index is 1.70. The number of aromatic nitrogens is 2. The fourth-order valence-electron chi connectivity index (χ4n) is 2.90. The monoisotopic (exact) mass is 439 g/mol. The van der Waals surface area contributed by atoms with Crippen molar-refractivity contribution in [2.24, 2.45) is 0 Å². The molecule has 30 heavy (non-hydrogen) atoms. The topological polar surface area (TPSA) is 76.3 Å². The van der Waals surface area contributed by atoms with Gasteiger partial charge in [0, 0.05) is 10.6 Å². The number of nitrogens with zero attached hydrogens (tertiary/aromatic N) is 3. The summed E-state index contributed by atoms with van der Waals surface area (Å²) in [4.78, 5) is 0.189. The van der Waals surface area contributed by atoms with E-state index in [1.54, 1.807) is 72.8 Å². The third-order valence-corrected chi connectivity index (χ3v) is 6.53. The van der Waals surface area contributed by atoms with Crippen LogP contribution >= 0.6 is 11.6 Å². The summed E-state index contributed by atoms with van der Waals surface area (Å²) in [5.41, 5.74) is 2.18. The Morgan fingerprint density at radius 2 is 1.57 bits per heavy atom. The first-order chi connectivity index (χ1) is 14.4. The van der Waals surface area contributed by atoms with Gasteiger partial charge in [0.15, 0.2) is 0 Å². The Morgan fingerprint density at radius 3 is 2.23 bits per heavy atom. The molecule has 0 atom stereocenters. The van der Waals surface area contributed by atoms with Crippen LogP contribution < -0.4 is 4.31 Å². The SMILES string of the molecule is Cc1ccc(S(=O)(=O)N(Cc2nnc(-c3ccc(Cl)cc3)o2)c2ccccc2)cc1. The Labute approximate surface area is 179 Å². The molecule has 1 aromatic heterocycles. The van der Waals surface area contributed by atoms with Gasteiger partial charge >= 0.3 is 0 Å². The van der Waals surface area contributed by atoms with Gasteiger partial charge in [-0.1, -0.05) is 47.5 Å². The van der Waals surface area contributed by atoms with Crippen LogP contribution in [0, 0.1) is 6.92 Å². The zero-order valence-electron chi connectivity index (χ0n) is 16.1. The van der Waals surface area contributed by atoms with Crippen molar-refractivity contribution in [1.82, 2.24) is 10.2 Å². The molecule has 152 valence electrons. The van der Waals surface area contributed by atoms with Crippen LogP contribution in [-0.4, -0.2) is 18.6 Å².